The molecule has 0 fully saturated rings. The first-order valence-electron chi connectivity index (χ1n) is 4.27. The lowest BCUT2D eigenvalue weighted by molar-refractivity contribution is 0.613. The average Bonchev–Trinajstić information content (AvgIpc) is 2.16. The van der Waals surface area contributed by atoms with Crippen LogP contribution in [0, 0.1) is 0 Å². The fourth-order valence-electron chi connectivity index (χ4n) is 1.04. The van der Waals surface area contributed by atoms with Crippen molar-refractivity contribution in [1.82, 2.24) is 4.72 Å². The molecule has 1 aromatic carbocycles. The molecule has 0 heterocycles. The Morgan fingerprint density at radius 3 is 2.50 bits per heavy atom. The van der Waals surface area contributed by atoms with Gasteiger partial charge in [0.15, 0.2) is 0 Å². The molecule has 0 spiro atoms. The van der Waals surface area contributed by atoms with Gasteiger partial charge in [-0.2, -0.15) is 0 Å². The summed E-state index contributed by atoms with van der Waals surface area (Å²) in [5.74, 6) is 0. The van der Waals surface area contributed by atoms with Gasteiger partial charge in [-0.25, -0.2) is 0 Å². The van der Waals surface area contributed by atoms with Crippen LogP contribution < -0.4 is 10.5 Å². The predicted molar refractivity (Wildman–Crippen MR) is 65.6 cm³/mol. The Kier molecular flexibility index (Phi) is 4.40. The highest BCUT2D eigenvalue weighted by molar-refractivity contribution is 9.10. The zero-order valence-corrected chi connectivity index (χ0v) is 10.4. The fourth-order valence-corrected chi connectivity index (χ4v) is 2.65. The Hall–Kier alpha value is -0.0700. The molecule has 0 amide bonds. The van der Waals surface area contributed by atoms with E-state index in [0.717, 1.165) is 9.37 Å². The van der Waals surface area contributed by atoms with Crippen LogP contribution in [0.1, 0.15) is 0 Å². The van der Waals surface area contributed by atoms with Gasteiger partial charge in [-0.15, -0.1) is 0 Å². The van der Waals surface area contributed by atoms with Crippen LogP contribution in [0.3, 0.4) is 0 Å². The van der Waals surface area contributed by atoms with Crippen molar-refractivity contribution in [3.05, 3.63) is 28.7 Å². The molecule has 1 atom stereocenters. The molecule has 3 nitrogen and oxygen atoms in total. The number of benzene rings is 1. The van der Waals surface area contributed by atoms with Crippen LogP contribution in [0.5, 0.6) is 0 Å². The summed E-state index contributed by atoms with van der Waals surface area (Å²) in [7, 11) is -1.89. The molecule has 0 aromatic heterocycles. The van der Waals surface area contributed by atoms with Crippen LogP contribution in [-0.2, 0) is 0 Å². The summed E-state index contributed by atoms with van der Waals surface area (Å²) in [4.78, 5) is 0.911. The molecule has 0 bridgehead atoms. The first-order valence-corrected chi connectivity index (χ1v) is 7.06. The molecular weight excluding hydrogens is 264 g/mol. The lowest BCUT2D eigenvalue weighted by Crippen LogP contribution is -2.25. The number of hydrogen-bond donors (Lipinski definition) is 3. The minimum atomic E-state index is -1.89. The highest BCUT2D eigenvalue weighted by Gasteiger charge is 2.14. The van der Waals surface area contributed by atoms with Gasteiger partial charge in [0.05, 0.1) is 0 Å². The fraction of sp³-hybridized carbons (Fsp3) is 0.333. The zero-order valence-electron chi connectivity index (χ0n) is 8.03. The van der Waals surface area contributed by atoms with E-state index >= 15 is 0 Å². The van der Waals surface area contributed by atoms with Gasteiger partial charge in [-0.05, 0) is 24.3 Å². The van der Waals surface area contributed by atoms with E-state index < -0.39 is 10.5 Å². The molecule has 4 N–H and O–H groups in total. The van der Waals surface area contributed by atoms with Crippen LogP contribution in [0.4, 0.5) is 0 Å². The third kappa shape index (κ3) is 3.25. The van der Waals surface area contributed by atoms with Gasteiger partial charge in [0.25, 0.3) is 0 Å². The summed E-state index contributed by atoms with van der Waals surface area (Å²) in [6.07, 6.45) is 1.80. The smallest absolute Gasteiger partial charge is 0.0257 e. The van der Waals surface area contributed by atoms with Crippen molar-refractivity contribution >= 4 is 26.4 Å². The zero-order chi connectivity index (χ0) is 10.6. The topological polar surface area (TPSA) is 58.3 Å². The van der Waals surface area contributed by atoms with Gasteiger partial charge in [0, 0.05) is 28.7 Å². The monoisotopic (exact) mass is 278 g/mol. The van der Waals surface area contributed by atoms with E-state index in [0.29, 0.717) is 13.1 Å². The third-order valence-corrected chi connectivity index (χ3v) is 4.29. The standard InChI is InChI=1S/C9H15BrN2OS/c1-14(13,12-7-6-11)9-4-2-8(10)3-5-9/h2-5,12-13H,6-7,11H2,1H3. The number of halogens is 1. The first-order chi connectivity index (χ1) is 6.56. The summed E-state index contributed by atoms with van der Waals surface area (Å²) in [5, 5.41) is 0. The Bertz CT molecular complexity index is 289. The van der Waals surface area contributed by atoms with Crippen LogP contribution in [0.25, 0.3) is 0 Å². The molecule has 5 heteroatoms. The van der Waals surface area contributed by atoms with E-state index in [1.807, 2.05) is 24.3 Å². The molecule has 0 aliphatic heterocycles. The molecule has 0 radical (unpaired) electrons. The Morgan fingerprint density at radius 1 is 1.43 bits per heavy atom. The van der Waals surface area contributed by atoms with Gasteiger partial charge in [-0.1, -0.05) is 26.4 Å². The van der Waals surface area contributed by atoms with Crippen molar-refractivity contribution in [3.8, 4) is 0 Å². The van der Waals surface area contributed by atoms with Crippen LogP contribution in [0.2, 0.25) is 0 Å². The molecule has 0 saturated carbocycles. The van der Waals surface area contributed by atoms with Gasteiger partial charge in [0.2, 0.25) is 0 Å². The minimum absolute atomic E-state index is 0.527. The molecule has 1 rings (SSSR count). The van der Waals surface area contributed by atoms with Crippen molar-refractivity contribution in [2.45, 2.75) is 4.90 Å². The Balaban J connectivity index is 2.75. The predicted octanol–water partition coefficient (Wildman–Crippen LogP) is 2.18. The molecule has 0 saturated heterocycles. The highest BCUT2D eigenvalue weighted by atomic mass is 79.9. The summed E-state index contributed by atoms with van der Waals surface area (Å²) in [6, 6.07) is 7.65. The van der Waals surface area contributed by atoms with Crippen LogP contribution in [-0.4, -0.2) is 23.9 Å². The first kappa shape index (κ1) is 12.0. The number of nitrogens with two attached hydrogens (primary N) is 1. The molecule has 0 aliphatic rings. The second-order valence-electron chi connectivity index (χ2n) is 3.01. The highest BCUT2D eigenvalue weighted by Crippen LogP contribution is 2.44. The van der Waals surface area contributed by atoms with Crippen molar-refractivity contribution in [2.75, 3.05) is 19.3 Å². The third-order valence-electron chi connectivity index (χ3n) is 1.80. The molecule has 0 aliphatic carbocycles. The number of hydrogen-bond acceptors (Lipinski definition) is 3. The van der Waals surface area contributed by atoms with E-state index in [4.69, 9.17) is 5.73 Å². The van der Waals surface area contributed by atoms with Crippen molar-refractivity contribution in [1.29, 1.82) is 0 Å². The molecule has 1 unspecified atom stereocenters. The van der Waals surface area contributed by atoms with Gasteiger partial charge in [-0.3, -0.25) is 4.72 Å². The van der Waals surface area contributed by atoms with E-state index in [-0.39, 0.29) is 0 Å². The summed E-state index contributed by atoms with van der Waals surface area (Å²) in [5.41, 5.74) is 5.37. The largest absolute Gasteiger partial charge is 0.334 e. The van der Waals surface area contributed by atoms with Crippen molar-refractivity contribution in [3.63, 3.8) is 0 Å². The van der Waals surface area contributed by atoms with E-state index in [1.165, 1.54) is 0 Å². The van der Waals surface area contributed by atoms with Gasteiger partial charge in [0.1, 0.15) is 0 Å². The average molecular weight is 279 g/mol. The normalized spacial score (nSPS) is 17.4. The Morgan fingerprint density at radius 2 is 2.00 bits per heavy atom. The maximum Gasteiger partial charge on any atom is 0.0257 e. The van der Waals surface area contributed by atoms with Crippen molar-refractivity contribution < 1.29 is 4.55 Å². The van der Waals surface area contributed by atoms with E-state index in [9.17, 15) is 4.55 Å². The maximum atomic E-state index is 10.1. The maximum absolute atomic E-state index is 10.1. The van der Waals surface area contributed by atoms with E-state index in [2.05, 4.69) is 20.7 Å². The lowest BCUT2D eigenvalue weighted by atomic mass is 10.4. The van der Waals surface area contributed by atoms with Gasteiger partial charge < -0.3 is 10.3 Å². The second kappa shape index (κ2) is 5.14. The van der Waals surface area contributed by atoms with E-state index in [1.54, 1.807) is 6.26 Å². The lowest BCUT2D eigenvalue weighted by Gasteiger charge is -2.30. The van der Waals surface area contributed by atoms with Crippen molar-refractivity contribution in [2.24, 2.45) is 5.73 Å². The van der Waals surface area contributed by atoms with Crippen LogP contribution >= 0.6 is 26.4 Å². The molecular formula is C9H15BrN2OS. The minimum Gasteiger partial charge on any atom is -0.334 e. The van der Waals surface area contributed by atoms with Crippen LogP contribution in [0.15, 0.2) is 33.6 Å². The summed E-state index contributed by atoms with van der Waals surface area (Å²) < 4.78 is 14.2. The quantitative estimate of drug-likeness (QED) is 0.791. The molecule has 1 aromatic rings. The van der Waals surface area contributed by atoms with Gasteiger partial charge >= 0.3 is 0 Å². The SMILES string of the molecule is CS(O)(NCCN)c1ccc(Br)cc1. The summed E-state index contributed by atoms with van der Waals surface area (Å²) >= 11 is 3.35. The summed E-state index contributed by atoms with van der Waals surface area (Å²) in [6.45, 7) is 1.15. The Labute approximate surface area is 94.5 Å². The molecule has 14 heavy (non-hydrogen) atoms. The number of nitrogens with one attached hydrogen (secondary N) is 1. The second-order valence-corrected chi connectivity index (χ2v) is 6.44. The number of rotatable bonds is 4. The molecule has 80 valence electrons.